The number of carbonyl (C=O) groups is 1. The van der Waals surface area contributed by atoms with Crippen LogP contribution in [0.4, 0.5) is 13.2 Å². The van der Waals surface area contributed by atoms with Crippen LogP contribution in [0.25, 0.3) is 28.2 Å². The molecule has 0 spiro atoms. The molecule has 0 aromatic carbocycles. The molecule has 0 aliphatic carbocycles. The topological polar surface area (TPSA) is 124 Å². The van der Waals surface area contributed by atoms with Crippen molar-refractivity contribution in [3.63, 3.8) is 0 Å². The molecule has 0 atom stereocenters. The van der Waals surface area contributed by atoms with E-state index in [2.05, 4.69) is 25.4 Å². The molecule has 4 heterocycles. The number of amides is 1. The monoisotopic (exact) mass is 495 g/mol. The van der Waals surface area contributed by atoms with Crippen molar-refractivity contribution in [1.29, 1.82) is 0 Å². The molecule has 0 bridgehead atoms. The highest BCUT2D eigenvalue weighted by molar-refractivity contribution is 7.91. The van der Waals surface area contributed by atoms with Crippen molar-refractivity contribution in [1.82, 2.24) is 34.4 Å². The molecule has 14 heteroatoms. The summed E-state index contributed by atoms with van der Waals surface area (Å²) >= 11 is 0. The van der Waals surface area contributed by atoms with Gasteiger partial charge in [-0.15, -0.1) is 0 Å². The van der Waals surface area contributed by atoms with Crippen LogP contribution in [0.1, 0.15) is 36.3 Å². The Morgan fingerprint density at radius 1 is 1.18 bits per heavy atom. The second kappa shape index (κ2) is 8.34. The van der Waals surface area contributed by atoms with E-state index in [1.807, 2.05) is 6.92 Å². The van der Waals surface area contributed by atoms with Gasteiger partial charge in [-0.1, -0.05) is 13.8 Å². The number of imidazole rings is 1. The van der Waals surface area contributed by atoms with E-state index in [0.717, 1.165) is 10.6 Å². The zero-order valence-electron chi connectivity index (χ0n) is 18.4. The van der Waals surface area contributed by atoms with Gasteiger partial charge in [0.25, 0.3) is 5.91 Å². The maximum absolute atomic E-state index is 13.2. The summed E-state index contributed by atoms with van der Waals surface area (Å²) in [6, 6.07) is 2.23. The van der Waals surface area contributed by atoms with Crippen molar-refractivity contribution in [2.24, 2.45) is 7.05 Å². The first kappa shape index (κ1) is 23.6. The number of hydrogen-bond acceptors (Lipinski definition) is 7. The molecule has 0 saturated carbocycles. The van der Waals surface area contributed by atoms with Crippen LogP contribution in [0.15, 0.2) is 29.6 Å². The van der Waals surface area contributed by atoms with Gasteiger partial charge in [0, 0.05) is 26.0 Å². The molecular weight excluding hydrogens is 475 g/mol. The smallest absolute Gasteiger partial charge is 0.351 e. The molecule has 34 heavy (non-hydrogen) atoms. The number of aromatic nitrogens is 6. The van der Waals surface area contributed by atoms with Crippen LogP contribution in [0.3, 0.4) is 0 Å². The van der Waals surface area contributed by atoms with Gasteiger partial charge < -0.3 is 9.88 Å². The number of aryl methyl sites for hydroxylation is 1. The van der Waals surface area contributed by atoms with Gasteiger partial charge in [-0.3, -0.25) is 4.79 Å². The zero-order valence-corrected chi connectivity index (χ0v) is 19.2. The molecule has 10 nitrogen and oxygen atoms in total. The minimum atomic E-state index is -4.62. The molecule has 4 rings (SSSR count). The van der Waals surface area contributed by atoms with Crippen LogP contribution in [0.2, 0.25) is 0 Å². The molecule has 0 fully saturated rings. The number of pyridine rings is 1. The summed E-state index contributed by atoms with van der Waals surface area (Å²) in [5.41, 5.74) is -0.915. The third-order valence-electron chi connectivity index (χ3n) is 5.19. The average molecular weight is 495 g/mol. The van der Waals surface area contributed by atoms with E-state index < -0.39 is 27.5 Å². The molecule has 4 aromatic rings. The third-order valence-corrected chi connectivity index (χ3v) is 6.82. The summed E-state index contributed by atoms with van der Waals surface area (Å²) in [7, 11) is -2.45. The lowest BCUT2D eigenvalue weighted by Crippen LogP contribution is -2.26. The van der Waals surface area contributed by atoms with Crippen molar-refractivity contribution in [3.05, 3.63) is 35.8 Å². The molecule has 4 aromatic heterocycles. The van der Waals surface area contributed by atoms with E-state index in [9.17, 15) is 26.4 Å². The predicted molar refractivity (Wildman–Crippen MR) is 116 cm³/mol. The standard InChI is InChI=1S/C20H20F3N7O3S/c1-4-7-25-18(31)13-6-8-24-16-14(19(28-30(13)16)34(32,33)5-2)17-27-12-9-11(20(21,22)23)10-26-15(12)29(17)3/h6,8-10H,4-5,7H2,1-3H3,(H,25,31). The van der Waals surface area contributed by atoms with Crippen LogP contribution in [0.5, 0.6) is 0 Å². The van der Waals surface area contributed by atoms with E-state index in [-0.39, 0.29) is 44.7 Å². The van der Waals surface area contributed by atoms with E-state index in [1.165, 1.54) is 30.8 Å². The molecule has 1 amide bonds. The van der Waals surface area contributed by atoms with Gasteiger partial charge in [0.1, 0.15) is 22.6 Å². The number of nitrogens with zero attached hydrogens (tertiary/aromatic N) is 6. The van der Waals surface area contributed by atoms with Gasteiger partial charge in [0.2, 0.25) is 0 Å². The number of rotatable bonds is 6. The molecule has 0 unspecified atom stereocenters. The first-order valence-electron chi connectivity index (χ1n) is 10.3. The molecule has 180 valence electrons. The van der Waals surface area contributed by atoms with Gasteiger partial charge in [-0.05, 0) is 18.6 Å². The lowest BCUT2D eigenvalue weighted by atomic mass is 10.2. The van der Waals surface area contributed by atoms with Gasteiger partial charge in [-0.25, -0.2) is 27.9 Å². The minimum absolute atomic E-state index is 0.00228. The summed E-state index contributed by atoms with van der Waals surface area (Å²) in [5, 5.41) is 6.50. The van der Waals surface area contributed by atoms with Crippen molar-refractivity contribution < 1.29 is 26.4 Å². The number of fused-ring (bicyclic) bond motifs is 2. The van der Waals surface area contributed by atoms with Crippen LogP contribution < -0.4 is 5.32 Å². The number of hydrogen-bond donors (Lipinski definition) is 1. The number of carbonyl (C=O) groups excluding carboxylic acids is 1. The summed E-state index contributed by atoms with van der Waals surface area (Å²) in [6.45, 7) is 3.71. The first-order valence-corrected chi connectivity index (χ1v) is 11.9. The lowest BCUT2D eigenvalue weighted by Gasteiger charge is -2.06. The fourth-order valence-electron chi connectivity index (χ4n) is 3.43. The Morgan fingerprint density at radius 2 is 1.91 bits per heavy atom. The maximum Gasteiger partial charge on any atom is 0.417 e. The van der Waals surface area contributed by atoms with Crippen molar-refractivity contribution in [2.45, 2.75) is 31.5 Å². The Labute approximate surface area is 191 Å². The van der Waals surface area contributed by atoms with Crippen molar-refractivity contribution >= 4 is 32.6 Å². The van der Waals surface area contributed by atoms with Gasteiger partial charge >= 0.3 is 6.18 Å². The largest absolute Gasteiger partial charge is 0.417 e. The summed E-state index contributed by atoms with van der Waals surface area (Å²) in [5.74, 6) is -0.783. The molecule has 1 N–H and O–H groups in total. The molecule has 0 aliphatic rings. The Bertz CT molecular complexity index is 1520. The summed E-state index contributed by atoms with van der Waals surface area (Å²) in [4.78, 5) is 25.0. The van der Waals surface area contributed by atoms with Crippen LogP contribution in [-0.4, -0.2) is 55.8 Å². The first-order chi connectivity index (χ1) is 16.0. The normalized spacial score (nSPS) is 12.5. The number of halogens is 3. The maximum atomic E-state index is 13.2. The Kier molecular flexibility index (Phi) is 5.79. The summed E-state index contributed by atoms with van der Waals surface area (Å²) < 4.78 is 67.8. The number of sulfone groups is 1. The molecule has 0 radical (unpaired) electrons. The van der Waals surface area contributed by atoms with Gasteiger partial charge in [0.05, 0.1) is 11.3 Å². The van der Waals surface area contributed by atoms with E-state index in [4.69, 9.17) is 0 Å². The fourth-order valence-corrected chi connectivity index (χ4v) is 4.40. The van der Waals surface area contributed by atoms with Gasteiger partial charge in [-0.2, -0.15) is 18.3 Å². The number of alkyl halides is 3. The van der Waals surface area contributed by atoms with Gasteiger partial charge in [0.15, 0.2) is 26.2 Å². The highest BCUT2D eigenvalue weighted by Gasteiger charge is 2.33. The van der Waals surface area contributed by atoms with Crippen molar-refractivity contribution in [3.8, 4) is 11.4 Å². The molecular formula is C20H20F3N7O3S. The Hall–Kier alpha value is -3.55. The Balaban J connectivity index is 2.03. The average Bonchev–Trinajstić information content (AvgIpc) is 3.34. The predicted octanol–water partition coefficient (Wildman–Crippen LogP) is 2.63. The highest BCUT2D eigenvalue weighted by atomic mass is 32.2. The summed E-state index contributed by atoms with van der Waals surface area (Å²) in [6.07, 6.45) is -1.93. The van der Waals surface area contributed by atoms with E-state index in [1.54, 1.807) is 0 Å². The quantitative estimate of drug-likeness (QED) is 0.436. The second-order valence-corrected chi connectivity index (χ2v) is 9.66. The molecule has 0 saturated heterocycles. The third kappa shape index (κ3) is 3.87. The Morgan fingerprint density at radius 3 is 2.56 bits per heavy atom. The second-order valence-electron chi connectivity index (χ2n) is 7.46. The molecule has 0 aliphatic heterocycles. The highest BCUT2D eigenvalue weighted by Crippen LogP contribution is 2.34. The lowest BCUT2D eigenvalue weighted by molar-refractivity contribution is -0.137. The van der Waals surface area contributed by atoms with E-state index >= 15 is 0 Å². The van der Waals surface area contributed by atoms with E-state index in [0.29, 0.717) is 19.2 Å². The van der Waals surface area contributed by atoms with Crippen LogP contribution in [-0.2, 0) is 23.1 Å². The van der Waals surface area contributed by atoms with Crippen molar-refractivity contribution in [2.75, 3.05) is 12.3 Å². The minimum Gasteiger partial charge on any atom is -0.351 e. The van der Waals surface area contributed by atoms with Crippen LogP contribution >= 0.6 is 0 Å². The SMILES string of the molecule is CCCNC(=O)c1ccnc2c(-c3nc4cc(C(F)(F)F)cnc4n3C)c(S(=O)(=O)CC)nn12. The fraction of sp³-hybridized carbons (Fsp3) is 0.350. The van der Waals surface area contributed by atoms with Crippen LogP contribution in [0, 0.1) is 0 Å². The zero-order chi connectivity index (χ0) is 24.8. The number of nitrogens with one attached hydrogen (secondary N) is 1.